The molecule has 7 heteroatoms. The molecule has 104 valence electrons. The van der Waals surface area contributed by atoms with E-state index in [-0.39, 0.29) is 29.4 Å². The summed E-state index contributed by atoms with van der Waals surface area (Å²) < 4.78 is 27.6. The van der Waals surface area contributed by atoms with Gasteiger partial charge in [-0.05, 0) is 25.9 Å². The lowest BCUT2D eigenvalue weighted by Gasteiger charge is -2.35. The molecule has 2 fully saturated rings. The van der Waals surface area contributed by atoms with Gasteiger partial charge in [-0.3, -0.25) is 9.69 Å². The van der Waals surface area contributed by atoms with Crippen molar-refractivity contribution in [2.45, 2.75) is 25.0 Å². The Kier molecular flexibility index (Phi) is 3.93. The van der Waals surface area contributed by atoms with Crippen molar-refractivity contribution in [1.29, 1.82) is 0 Å². The van der Waals surface area contributed by atoms with Crippen LogP contribution in [0.3, 0.4) is 0 Å². The number of ether oxygens (including phenoxy) is 1. The summed E-state index contributed by atoms with van der Waals surface area (Å²) in [4.78, 5) is 13.4. The predicted octanol–water partition coefficient (Wildman–Crippen LogP) is -0.971. The van der Waals surface area contributed by atoms with Crippen LogP contribution in [0.2, 0.25) is 0 Å². The number of rotatable bonds is 2. The van der Waals surface area contributed by atoms with E-state index in [1.165, 1.54) is 7.11 Å². The second kappa shape index (κ2) is 5.14. The molecule has 18 heavy (non-hydrogen) atoms. The lowest BCUT2D eigenvalue weighted by atomic mass is 9.95. The molecule has 2 saturated heterocycles. The van der Waals surface area contributed by atoms with Crippen LogP contribution in [0.1, 0.15) is 12.8 Å². The molecule has 0 amide bonds. The van der Waals surface area contributed by atoms with Crippen molar-refractivity contribution < 1.29 is 23.1 Å². The van der Waals surface area contributed by atoms with Gasteiger partial charge in [-0.15, -0.1) is 0 Å². The molecule has 0 aromatic heterocycles. The van der Waals surface area contributed by atoms with Gasteiger partial charge in [0.2, 0.25) is 0 Å². The van der Waals surface area contributed by atoms with Crippen LogP contribution in [-0.4, -0.2) is 68.2 Å². The molecular weight excluding hydrogens is 258 g/mol. The Hall–Kier alpha value is -0.660. The summed E-state index contributed by atoms with van der Waals surface area (Å²) >= 11 is 0. The molecule has 1 N–H and O–H groups in total. The number of hydrogen-bond acceptors (Lipinski definition) is 6. The highest BCUT2D eigenvalue weighted by Gasteiger charge is 2.41. The van der Waals surface area contributed by atoms with Crippen LogP contribution in [-0.2, 0) is 19.4 Å². The lowest BCUT2D eigenvalue weighted by molar-refractivity contribution is -0.147. The molecule has 0 radical (unpaired) electrons. The van der Waals surface area contributed by atoms with E-state index >= 15 is 0 Å². The molecule has 0 spiro atoms. The average Bonchev–Trinajstić information content (AvgIpc) is 2.62. The van der Waals surface area contributed by atoms with Gasteiger partial charge in [0.15, 0.2) is 9.84 Å². The number of nitrogens with zero attached hydrogens (tertiary/aromatic N) is 1. The van der Waals surface area contributed by atoms with Crippen molar-refractivity contribution in [3.63, 3.8) is 0 Å². The third-order valence-electron chi connectivity index (χ3n) is 3.83. The standard InChI is InChI=1S/C11H19NO5S/c1-17-11(14)8-2-4-12(5-3-8)9-6-18(15,16)7-10(9)13/h8-10,13H,2-7H2,1H3. The molecule has 0 bridgehead atoms. The van der Waals surface area contributed by atoms with Gasteiger partial charge in [-0.2, -0.15) is 0 Å². The number of carbonyl (C=O) groups excluding carboxylic acids is 1. The fourth-order valence-corrected chi connectivity index (χ4v) is 4.62. The van der Waals surface area contributed by atoms with Crippen LogP contribution in [0.4, 0.5) is 0 Å². The van der Waals surface area contributed by atoms with Gasteiger partial charge in [0.05, 0.1) is 36.7 Å². The zero-order chi connectivity index (χ0) is 13.3. The van der Waals surface area contributed by atoms with Crippen molar-refractivity contribution in [1.82, 2.24) is 4.90 Å². The molecule has 0 saturated carbocycles. The number of esters is 1. The van der Waals surface area contributed by atoms with E-state index in [0.29, 0.717) is 25.9 Å². The minimum absolute atomic E-state index is 0.0249. The van der Waals surface area contributed by atoms with Gasteiger partial charge in [-0.1, -0.05) is 0 Å². The van der Waals surface area contributed by atoms with Crippen LogP contribution in [0, 0.1) is 5.92 Å². The molecule has 2 unspecified atom stereocenters. The summed E-state index contributed by atoms with van der Waals surface area (Å²) in [6.07, 6.45) is 0.524. The van der Waals surface area contributed by atoms with Crippen LogP contribution in [0.15, 0.2) is 0 Å². The highest BCUT2D eigenvalue weighted by atomic mass is 32.2. The number of carbonyl (C=O) groups is 1. The Labute approximate surface area is 107 Å². The third-order valence-corrected chi connectivity index (χ3v) is 5.53. The Morgan fingerprint density at radius 1 is 1.28 bits per heavy atom. The predicted molar refractivity (Wildman–Crippen MR) is 64.8 cm³/mol. The van der Waals surface area contributed by atoms with E-state index in [9.17, 15) is 18.3 Å². The van der Waals surface area contributed by atoms with Gasteiger partial charge in [-0.25, -0.2) is 8.42 Å². The maximum atomic E-state index is 11.5. The summed E-state index contributed by atoms with van der Waals surface area (Å²) in [5.41, 5.74) is 0. The third kappa shape index (κ3) is 2.84. The second-order valence-corrected chi connectivity index (χ2v) is 7.20. The number of sulfone groups is 1. The monoisotopic (exact) mass is 277 g/mol. The normalized spacial score (nSPS) is 33.4. The summed E-state index contributed by atoms with van der Waals surface area (Å²) in [5.74, 6) is -0.415. The number of likely N-dealkylation sites (tertiary alicyclic amines) is 1. The molecule has 2 rings (SSSR count). The summed E-state index contributed by atoms with van der Waals surface area (Å²) in [6.45, 7) is 1.27. The van der Waals surface area contributed by atoms with Gasteiger partial charge < -0.3 is 9.84 Å². The van der Waals surface area contributed by atoms with Crippen LogP contribution in [0.25, 0.3) is 0 Å². The first-order valence-electron chi connectivity index (χ1n) is 6.13. The SMILES string of the molecule is COC(=O)C1CCN(C2CS(=O)(=O)CC2O)CC1. The van der Waals surface area contributed by atoms with E-state index in [4.69, 9.17) is 4.74 Å². The largest absolute Gasteiger partial charge is 0.469 e. The molecule has 2 heterocycles. The first-order chi connectivity index (χ1) is 8.43. The van der Waals surface area contributed by atoms with Crippen molar-refractivity contribution in [2.24, 2.45) is 5.92 Å². The van der Waals surface area contributed by atoms with Gasteiger partial charge >= 0.3 is 5.97 Å². The molecule has 0 aliphatic carbocycles. The molecule has 0 aromatic carbocycles. The molecule has 6 nitrogen and oxygen atoms in total. The fourth-order valence-electron chi connectivity index (χ4n) is 2.79. The number of hydrogen-bond donors (Lipinski definition) is 1. The van der Waals surface area contributed by atoms with Crippen molar-refractivity contribution >= 4 is 15.8 Å². The van der Waals surface area contributed by atoms with Crippen LogP contribution < -0.4 is 0 Å². The number of aliphatic hydroxyl groups is 1. The first-order valence-corrected chi connectivity index (χ1v) is 7.95. The van der Waals surface area contributed by atoms with Gasteiger partial charge in [0.25, 0.3) is 0 Å². The van der Waals surface area contributed by atoms with Crippen molar-refractivity contribution in [3.05, 3.63) is 0 Å². The smallest absolute Gasteiger partial charge is 0.308 e. The minimum atomic E-state index is -3.11. The Morgan fingerprint density at radius 3 is 2.33 bits per heavy atom. The Bertz CT molecular complexity index is 413. The molecule has 0 aromatic rings. The summed E-state index contributed by atoms with van der Waals surface area (Å²) in [6, 6.07) is -0.311. The Balaban J connectivity index is 1.92. The maximum absolute atomic E-state index is 11.5. The fraction of sp³-hybridized carbons (Fsp3) is 0.909. The first kappa shape index (κ1) is 13.8. The van der Waals surface area contributed by atoms with E-state index < -0.39 is 15.9 Å². The zero-order valence-corrected chi connectivity index (χ0v) is 11.2. The van der Waals surface area contributed by atoms with E-state index in [1.54, 1.807) is 0 Å². The molecule has 2 aliphatic heterocycles. The topological polar surface area (TPSA) is 83.9 Å². The quantitative estimate of drug-likeness (QED) is 0.654. The molecule has 2 aliphatic rings. The molecule has 2 atom stereocenters. The van der Waals surface area contributed by atoms with Crippen molar-refractivity contribution in [2.75, 3.05) is 31.7 Å². The van der Waals surface area contributed by atoms with Crippen LogP contribution >= 0.6 is 0 Å². The number of piperidine rings is 1. The number of aliphatic hydroxyl groups excluding tert-OH is 1. The zero-order valence-electron chi connectivity index (χ0n) is 10.4. The second-order valence-electron chi connectivity index (χ2n) is 5.05. The molecular formula is C11H19NO5S. The minimum Gasteiger partial charge on any atom is -0.469 e. The maximum Gasteiger partial charge on any atom is 0.308 e. The van der Waals surface area contributed by atoms with E-state index in [0.717, 1.165) is 0 Å². The van der Waals surface area contributed by atoms with Gasteiger partial charge in [0, 0.05) is 0 Å². The van der Waals surface area contributed by atoms with E-state index in [1.807, 2.05) is 4.90 Å². The van der Waals surface area contributed by atoms with Crippen LogP contribution in [0.5, 0.6) is 0 Å². The summed E-state index contributed by atoms with van der Waals surface area (Å²) in [7, 11) is -1.73. The highest BCUT2D eigenvalue weighted by molar-refractivity contribution is 7.91. The summed E-state index contributed by atoms with van der Waals surface area (Å²) in [5, 5.41) is 9.79. The van der Waals surface area contributed by atoms with Crippen molar-refractivity contribution in [3.8, 4) is 0 Å². The lowest BCUT2D eigenvalue weighted by Crippen LogP contribution is -2.48. The van der Waals surface area contributed by atoms with Gasteiger partial charge in [0.1, 0.15) is 0 Å². The Morgan fingerprint density at radius 2 is 1.89 bits per heavy atom. The average molecular weight is 277 g/mol. The number of methoxy groups -OCH3 is 1. The highest BCUT2D eigenvalue weighted by Crippen LogP contribution is 2.25. The van der Waals surface area contributed by atoms with E-state index in [2.05, 4.69) is 0 Å².